The van der Waals surface area contributed by atoms with Gasteiger partial charge in [0.15, 0.2) is 0 Å². The van der Waals surface area contributed by atoms with Gasteiger partial charge in [0, 0.05) is 12.1 Å². The molecule has 3 nitrogen and oxygen atoms in total. The Kier molecular flexibility index (Phi) is 4.64. The summed E-state index contributed by atoms with van der Waals surface area (Å²) in [6.45, 7) is 10.6. The first-order valence-electron chi connectivity index (χ1n) is 6.73. The number of benzene rings is 1. The first kappa shape index (κ1) is 16.0. The minimum atomic E-state index is -0.523. The zero-order chi connectivity index (χ0) is 14.8. The molecule has 1 unspecified atom stereocenters. The fraction of sp³-hybridized carbons (Fsp3) is 0.625. The van der Waals surface area contributed by atoms with Crippen LogP contribution in [0.2, 0.25) is 0 Å². The van der Waals surface area contributed by atoms with E-state index in [1.54, 1.807) is 7.11 Å². The molecular formula is C16H27NO2. The lowest BCUT2D eigenvalue weighted by atomic mass is 9.79. The van der Waals surface area contributed by atoms with E-state index in [2.05, 4.69) is 26.8 Å². The van der Waals surface area contributed by atoms with Crippen LogP contribution in [0.4, 0.5) is 0 Å². The highest BCUT2D eigenvalue weighted by Crippen LogP contribution is 2.37. The van der Waals surface area contributed by atoms with Gasteiger partial charge in [-0.3, -0.25) is 0 Å². The number of aliphatic hydroxyl groups excluding tert-OH is 1. The summed E-state index contributed by atoms with van der Waals surface area (Å²) in [5, 5.41) is 9.18. The molecule has 3 heteroatoms. The Hall–Kier alpha value is -1.06. The van der Waals surface area contributed by atoms with E-state index >= 15 is 0 Å². The predicted octanol–water partition coefficient (Wildman–Crippen LogP) is 2.86. The number of aliphatic hydroxyl groups is 1. The quantitative estimate of drug-likeness (QED) is 0.880. The summed E-state index contributed by atoms with van der Waals surface area (Å²) in [5.41, 5.74) is 9.14. The number of hydrogen-bond acceptors (Lipinski definition) is 3. The molecule has 108 valence electrons. The second-order valence-electron chi connectivity index (χ2n) is 6.51. The lowest BCUT2D eigenvalue weighted by molar-refractivity contribution is 0.246. The molecule has 0 aliphatic carbocycles. The van der Waals surface area contributed by atoms with Crippen LogP contribution in [0.3, 0.4) is 0 Å². The Balaban J connectivity index is 3.44. The van der Waals surface area contributed by atoms with Crippen molar-refractivity contribution in [1.29, 1.82) is 0 Å². The average Bonchev–Trinajstić information content (AvgIpc) is 2.26. The normalized spacial score (nSPS) is 15.2. The second-order valence-corrected chi connectivity index (χ2v) is 6.51. The van der Waals surface area contributed by atoms with Gasteiger partial charge in [-0.1, -0.05) is 20.8 Å². The molecule has 0 aliphatic rings. The smallest absolute Gasteiger partial charge is 0.122 e. The molecule has 0 saturated carbocycles. The number of aryl methyl sites for hydroxylation is 1. The maximum Gasteiger partial charge on any atom is 0.122 e. The summed E-state index contributed by atoms with van der Waals surface area (Å²) in [7, 11) is 1.69. The van der Waals surface area contributed by atoms with Crippen LogP contribution in [0.1, 0.15) is 50.8 Å². The predicted molar refractivity (Wildman–Crippen MR) is 79.7 cm³/mol. The van der Waals surface area contributed by atoms with Gasteiger partial charge in [-0.25, -0.2) is 0 Å². The maximum absolute atomic E-state index is 9.18. The molecule has 1 rings (SSSR count). The van der Waals surface area contributed by atoms with E-state index in [0.717, 1.165) is 22.4 Å². The number of hydrogen-bond donors (Lipinski definition) is 2. The topological polar surface area (TPSA) is 55.5 Å². The summed E-state index contributed by atoms with van der Waals surface area (Å²) in [6, 6.07) is 4.17. The highest BCUT2D eigenvalue weighted by Gasteiger charge is 2.27. The largest absolute Gasteiger partial charge is 0.496 e. The van der Waals surface area contributed by atoms with Crippen LogP contribution in [-0.2, 0) is 11.0 Å². The van der Waals surface area contributed by atoms with Gasteiger partial charge in [0.2, 0.25) is 0 Å². The van der Waals surface area contributed by atoms with Crippen LogP contribution >= 0.6 is 0 Å². The Morgan fingerprint density at radius 1 is 1.16 bits per heavy atom. The van der Waals surface area contributed by atoms with Gasteiger partial charge in [-0.05, 0) is 54.5 Å². The molecule has 0 aromatic heterocycles. The third kappa shape index (κ3) is 3.48. The van der Waals surface area contributed by atoms with Crippen molar-refractivity contribution in [2.24, 2.45) is 5.73 Å². The highest BCUT2D eigenvalue weighted by atomic mass is 16.5. The fourth-order valence-corrected chi connectivity index (χ4v) is 2.42. The number of methoxy groups -OCH3 is 1. The van der Waals surface area contributed by atoms with E-state index in [0.29, 0.717) is 6.42 Å². The third-order valence-electron chi connectivity index (χ3n) is 3.60. The van der Waals surface area contributed by atoms with E-state index in [1.165, 1.54) is 0 Å². The Bertz CT molecular complexity index is 445. The third-order valence-corrected chi connectivity index (χ3v) is 3.60. The molecule has 0 amide bonds. The van der Waals surface area contributed by atoms with Crippen molar-refractivity contribution in [2.75, 3.05) is 13.7 Å². The molecule has 1 aromatic rings. The van der Waals surface area contributed by atoms with Gasteiger partial charge in [-0.2, -0.15) is 0 Å². The lowest BCUT2D eigenvalue weighted by Gasteiger charge is -2.30. The van der Waals surface area contributed by atoms with Crippen LogP contribution in [0, 0.1) is 6.92 Å². The van der Waals surface area contributed by atoms with Crippen LogP contribution < -0.4 is 10.5 Å². The van der Waals surface area contributed by atoms with Crippen molar-refractivity contribution in [1.82, 2.24) is 0 Å². The van der Waals surface area contributed by atoms with Crippen molar-refractivity contribution in [3.05, 3.63) is 28.8 Å². The van der Waals surface area contributed by atoms with Crippen LogP contribution in [-0.4, -0.2) is 18.8 Å². The number of rotatable bonds is 4. The summed E-state index contributed by atoms with van der Waals surface area (Å²) in [6.07, 6.45) is 0.545. The van der Waals surface area contributed by atoms with Gasteiger partial charge in [0.05, 0.1) is 7.11 Å². The zero-order valence-electron chi connectivity index (χ0n) is 13.0. The maximum atomic E-state index is 9.18. The molecule has 1 aromatic carbocycles. The van der Waals surface area contributed by atoms with Crippen molar-refractivity contribution >= 4 is 0 Å². The number of nitrogens with two attached hydrogens (primary N) is 1. The molecule has 0 fully saturated rings. The molecular weight excluding hydrogens is 238 g/mol. The molecule has 3 N–H and O–H groups in total. The Morgan fingerprint density at radius 3 is 2.16 bits per heavy atom. The molecule has 19 heavy (non-hydrogen) atoms. The minimum Gasteiger partial charge on any atom is -0.496 e. The Morgan fingerprint density at radius 2 is 1.74 bits per heavy atom. The van der Waals surface area contributed by atoms with E-state index in [4.69, 9.17) is 10.5 Å². The molecule has 0 spiro atoms. The zero-order valence-corrected chi connectivity index (χ0v) is 13.0. The first-order chi connectivity index (χ1) is 8.63. The molecule has 0 heterocycles. The number of ether oxygens (including phenoxy) is 1. The van der Waals surface area contributed by atoms with Crippen molar-refractivity contribution in [2.45, 2.75) is 52.0 Å². The highest BCUT2D eigenvalue weighted by molar-refractivity contribution is 5.47. The van der Waals surface area contributed by atoms with Gasteiger partial charge in [-0.15, -0.1) is 0 Å². The SMILES string of the molecule is COc1cc(C)c(C(C)(N)CCO)cc1C(C)(C)C. The molecule has 0 bridgehead atoms. The van der Waals surface area contributed by atoms with Gasteiger partial charge < -0.3 is 15.6 Å². The first-order valence-corrected chi connectivity index (χ1v) is 6.73. The molecule has 0 radical (unpaired) electrons. The lowest BCUT2D eigenvalue weighted by Crippen LogP contribution is -2.35. The van der Waals surface area contributed by atoms with Crippen molar-refractivity contribution < 1.29 is 9.84 Å². The molecule has 1 atom stereocenters. The van der Waals surface area contributed by atoms with Crippen LogP contribution in [0.5, 0.6) is 5.75 Å². The van der Waals surface area contributed by atoms with E-state index in [-0.39, 0.29) is 12.0 Å². The van der Waals surface area contributed by atoms with Gasteiger partial charge >= 0.3 is 0 Å². The standard InChI is InChI=1S/C16H27NO2/c1-11-9-14(19-6)13(15(2,3)4)10-12(11)16(5,17)7-8-18/h9-10,18H,7-8,17H2,1-6H3. The minimum absolute atomic E-state index is 0.0108. The molecule has 0 saturated heterocycles. The van der Waals surface area contributed by atoms with Crippen molar-refractivity contribution in [3.8, 4) is 5.75 Å². The van der Waals surface area contributed by atoms with Crippen LogP contribution in [0.25, 0.3) is 0 Å². The van der Waals surface area contributed by atoms with Gasteiger partial charge in [0.1, 0.15) is 5.75 Å². The van der Waals surface area contributed by atoms with E-state index < -0.39 is 5.54 Å². The van der Waals surface area contributed by atoms with Gasteiger partial charge in [0.25, 0.3) is 0 Å². The summed E-state index contributed by atoms with van der Waals surface area (Å²) < 4.78 is 5.49. The summed E-state index contributed by atoms with van der Waals surface area (Å²) >= 11 is 0. The summed E-state index contributed by atoms with van der Waals surface area (Å²) in [5.74, 6) is 0.897. The molecule has 0 aliphatic heterocycles. The van der Waals surface area contributed by atoms with E-state index in [1.807, 2.05) is 19.9 Å². The van der Waals surface area contributed by atoms with E-state index in [9.17, 15) is 5.11 Å². The fourth-order valence-electron chi connectivity index (χ4n) is 2.42. The monoisotopic (exact) mass is 265 g/mol. The summed E-state index contributed by atoms with van der Waals surface area (Å²) in [4.78, 5) is 0. The van der Waals surface area contributed by atoms with Crippen molar-refractivity contribution in [3.63, 3.8) is 0 Å². The Labute approximate surface area is 116 Å². The average molecular weight is 265 g/mol. The second kappa shape index (κ2) is 5.51. The van der Waals surface area contributed by atoms with Crippen LogP contribution in [0.15, 0.2) is 12.1 Å².